The highest BCUT2D eigenvalue weighted by molar-refractivity contribution is 5.93. The van der Waals surface area contributed by atoms with E-state index in [1.54, 1.807) is 18.4 Å². The number of aryl methyl sites for hydroxylation is 2. The van der Waals surface area contributed by atoms with E-state index >= 15 is 0 Å². The third kappa shape index (κ3) is 4.66. The molecular formula is C16H20N4O2. The lowest BCUT2D eigenvalue weighted by atomic mass is 10.1. The largest absolute Gasteiger partial charge is 0.467 e. The minimum atomic E-state index is -0.221. The van der Waals surface area contributed by atoms with Gasteiger partial charge in [-0.1, -0.05) is 6.07 Å². The van der Waals surface area contributed by atoms with Crippen molar-refractivity contribution in [2.45, 2.75) is 20.4 Å². The summed E-state index contributed by atoms with van der Waals surface area (Å²) in [5.74, 6) is 0.677. The zero-order valence-corrected chi connectivity index (χ0v) is 12.7. The lowest BCUT2D eigenvalue weighted by molar-refractivity contribution is -0.119. The quantitative estimate of drug-likeness (QED) is 0.581. The predicted molar refractivity (Wildman–Crippen MR) is 86.6 cm³/mol. The van der Waals surface area contributed by atoms with Crippen molar-refractivity contribution in [3.05, 3.63) is 53.5 Å². The average Bonchev–Trinajstić information content (AvgIpc) is 3.00. The summed E-state index contributed by atoms with van der Waals surface area (Å²) in [4.78, 5) is 15.7. The first-order valence-corrected chi connectivity index (χ1v) is 6.98. The van der Waals surface area contributed by atoms with Gasteiger partial charge in [0, 0.05) is 5.69 Å². The number of amides is 1. The first-order chi connectivity index (χ1) is 10.5. The first kappa shape index (κ1) is 15.6. The summed E-state index contributed by atoms with van der Waals surface area (Å²) in [5, 5.41) is 5.66. The summed E-state index contributed by atoms with van der Waals surface area (Å²) in [5.41, 5.74) is 8.99. The normalized spacial score (nSPS) is 11.3. The van der Waals surface area contributed by atoms with Crippen molar-refractivity contribution in [3.8, 4) is 0 Å². The zero-order chi connectivity index (χ0) is 15.9. The van der Waals surface area contributed by atoms with Crippen molar-refractivity contribution in [2.75, 3.05) is 11.9 Å². The van der Waals surface area contributed by atoms with Crippen molar-refractivity contribution < 1.29 is 9.21 Å². The van der Waals surface area contributed by atoms with Gasteiger partial charge in [-0.3, -0.25) is 4.79 Å². The van der Waals surface area contributed by atoms with Crippen LogP contribution in [0, 0.1) is 13.8 Å². The Balaban J connectivity index is 1.81. The third-order valence-electron chi connectivity index (χ3n) is 3.21. The molecule has 0 saturated carbocycles. The van der Waals surface area contributed by atoms with Gasteiger partial charge < -0.3 is 20.8 Å². The molecule has 0 aliphatic rings. The molecule has 2 rings (SSSR count). The number of anilines is 1. The molecule has 6 heteroatoms. The summed E-state index contributed by atoms with van der Waals surface area (Å²) < 4.78 is 5.12. The van der Waals surface area contributed by atoms with E-state index in [4.69, 9.17) is 10.2 Å². The molecule has 1 amide bonds. The smallest absolute Gasteiger partial charge is 0.242 e. The van der Waals surface area contributed by atoms with Gasteiger partial charge in [0.05, 0.1) is 12.8 Å². The number of hydrogen-bond acceptors (Lipinski definition) is 3. The molecule has 0 bridgehead atoms. The van der Waals surface area contributed by atoms with E-state index in [9.17, 15) is 4.79 Å². The van der Waals surface area contributed by atoms with Crippen molar-refractivity contribution in [1.29, 1.82) is 0 Å². The van der Waals surface area contributed by atoms with Crippen LogP contribution in [0.5, 0.6) is 0 Å². The molecule has 0 spiro atoms. The van der Waals surface area contributed by atoms with Crippen LogP contribution in [0.1, 0.15) is 16.9 Å². The monoisotopic (exact) mass is 300 g/mol. The molecule has 6 nitrogen and oxygen atoms in total. The Bertz CT molecular complexity index is 663. The Labute approximate surface area is 129 Å². The standard InChI is InChI=1S/C16H20N4O2/c1-11-5-6-13(8-12(11)2)20-16(17)19-10-15(21)18-9-14-4-3-7-22-14/h3-8H,9-10H2,1-2H3,(H,18,21)(H3,17,19,20). The SMILES string of the molecule is Cc1ccc(NC(N)=NCC(=O)NCc2ccco2)cc1C. The van der Waals surface area contributed by atoms with Crippen LogP contribution in [0.3, 0.4) is 0 Å². The molecule has 1 aromatic heterocycles. The van der Waals surface area contributed by atoms with Gasteiger partial charge in [-0.05, 0) is 49.2 Å². The van der Waals surface area contributed by atoms with Crippen molar-refractivity contribution >= 4 is 17.6 Å². The number of hydrogen-bond donors (Lipinski definition) is 3. The summed E-state index contributed by atoms with van der Waals surface area (Å²) in [7, 11) is 0. The number of nitrogens with two attached hydrogens (primary N) is 1. The molecule has 4 N–H and O–H groups in total. The second-order valence-electron chi connectivity index (χ2n) is 4.98. The number of aliphatic imine (C=N–C) groups is 1. The predicted octanol–water partition coefficient (Wildman–Crippen LogP) is 1.94. The minimum absolute atomic E-state index is 0.0373. The summed E-state index contributed by atoms with van der Waals surface area (Å²) in [6.07, 6.45) is 1.56. The molecule has 1 aromatic carbocycles. The van der Waals surface area contributed by atoms with Crippen LogP contribution >= 0.6 is 0 Å². The van der Waals surface area contributed by atoms with E-state index in [0.717, 1.165) is 11.3 Å². The minimum Gasteiger partial charge on any atom is -0.467 e. The Morgan fingerprint density at radius 2 is 2.09 bits per heavy atom. The summed E-state index contributed by atoms with van der Waals surface area (Å²) in [6.45, 7) is 4.37. The number of furan rings is 1. The Hall–Kier alpha value is -2.76. The van der Waals surface area contributed by atoms with Crippen LogP contribution in [0.4, 0.5) is 5.69 Å². The molecule has 0 fully saturated rings. The summed E-state index contributed by atoms with van der Waals surface area (Å²) in [6, 6.07) is 9.46. The molecule has 0 saturated heterocycles. The molecule has 0 radical (unpaired) electrons. The van der Waals surface area contributed by atoms with Crippen molar-refractivity contribution in [2.24, 2.45) is 10.7 Å². The number of guanidine groups is 1. The van der Waals surface area contributed by atoms with Gasteiger partial charge in [0.15, 0.2) is 5.96 Å². The molecule has 1 heterocycles. The molecule has 116 valence electrons. The van der Waals surface area contributed by atoms with Gasteiger partial charge >= 0.3 is 0 Å². The van der Waals surface area contributed by atoms with Crippen LogP contribution in [0.15, 0.2) is 46.0 Å². The second-order valence-corrected chi connectivity index (χ2v) is 4.98. The number of nitrogens with one attached hydrogen (secondary N) is 2. The first-order valence-electron chi connectivity index (χ1n) is 6.98. The Kier molecular flexibility index (Phi) is 5.19. The maximum absolute atomic E-state index is 11.7. The highest BCUT2D eigenvalue weighted by atomic mass is 16.3. The third-order valence-corrected chi connectivity index (χ3v) is 3.21. The fraction of sp³-hybridized carbons (Fsp3) is 0.250. The van der Waals surface area contributed by atoms with E-state index < -0.39 is 0 Å². The van der Waals surface area contributed by atoms with E-state index in [-0.39, 0.29) is 18.4 Å². The van der Waals surface area contributed by atoms with Crippen LogP contribution in [-0.2, 0) is 11.3 Å². The summed E-state index contributed by atoms with van der Waals surface area (Å²) >= 11 is 0. The molecular weight excluding hydrogens is 280 g/mol. The lowest BCUT2D eigenvalue weighted by Crippen LogP contribution is -2.28. The number of carbonyl (C=O) groups is 1. The Morgan fingerprint density at radius 3 is 2.77 bits per heavy atom. The molecule has 22 heavy (non-hydrogen) atoms. The van der Waals surface area contributed by atoms with E-state index in [1.165, 1.54) is 5.56 Å². The highest BCUT2D eigenvalue weighted by Crippen LogP contribution is 2.13. The molecule has 0 aliphatic heterocycles. The zero-order valence-electron chi connectivity index (χ0n) is 12.7. The van der Waals surface area contributed by atoms with Crippen LogP contribution in [-0.4, -0.2) is 18.4 Å². The van der Waals surface area contributed by atoms with Crippen LogP contribution in [0.2, 0.25) is 0 Å². The molecule has 0 unspecified atom stereocenters. The highest BCUT2D eigenvalue weighted by Gasteiger charge is 2.03. The number of carbonyl (C=O) groups excluding carboxylic acids is 1. The molecule has 0 atom stereocenters. The van der Waals surface area contributed by atoms with Gasteiger partial charge in [0.1, 0.15) is 12.3 Å². The fourth-order valence-corrected chi connectivity index (χ4v) is 1.82. The maximum atomic E-state index is 11.7. The van der Waals surface area contributed by atoms with Crippen molar-refractivity contribution in [1.82, 2.24) is 5.32 Å². The van der Waals surface area contributed by atoms with Crippen molar-refractivity contribution in [3.63, 3.8) is 0 Å². The van der Waals surface area contributed by atoms with Crippen LogP contribution in [0.25, 0.3) is 0 Å². The van der Waals surface area contributed by atoms with E-state index in [2.05, 4.69) is 15.6 Å². The second kappa shape index (κ2) is 7.31. The topological polar surface area (TPSA) is 92.6 Å². The fourth-order valence-electron chi connectivity index (χ4n) is 1.82. The van der Waals surface area contributed by atoms with Gasteiger partial charge in [0.2, 0.25) is 5.91 Å². The number of nitrogens with zero attached hydrogens (tertiary/aromatic N) is 1. The maximum Gasteiger partial charge on any atom is 0.242 e. The molecule has 2 aromatic rings. The lowest BCUT2D eigenvalue weighted by Gasteiger charge is -2.08. The Morgan fingerprint density at radius 1 is 1.27 bits per heavy atom. The van der Waals surface area contributed by atoms with Gasteiger partial charge in [-0.2, -0.15) is 0 Å². The average molecular weight is 300 g/mol. The van der Waals surface area contributed by atoms with E-state index in [1.807, 2.05) is 32.0 Å². The van der Waals surface area contributed by atoms with Gasteiger partial charge in [-0.15, -0.1) is 0 Å². The van der Waals surface area contributed by atoms with E-state index in [0.29, 0.717) is 12.3 Å². The number of benzene rings is 1. The molecule has 0 aliphatic carbocycles. The number of rotatable bonds is 5. The van der Waals surface area contributed by atoms with Gasteiger partial charge in [-0.25, -0.2) is 4.99 Å². The van der Waals surface area contributed by atoms with Gasteiger partial charge in [0.25, 0.3) is 0 Å². The van der Waals surface area contributed by atoms with Crippen LogP contribution < -0.4 is 16.4 Å².